The molecule has 0 atom stereocenters. The van der Waals surface area contributed by atoms with Crippen molar-refractivity contribution in [2.75, 3.05) is 20.8 Å². The third kappa shape index (κ3) is 2.01. The van der Waals surface area contributed by atoms with Gasteiger partial charge in [0.15, 0.2) is 11.5 Å². The average Bonchev–Trinajstić information content (AvgIpc) is 2.51. The van der Waals surface area contributed by atoms with E-state index in [-0.39, 0.29) is 0 Å². The molecule has 0 aromatic heterocycles. The van der Waals surface area contributed by atoms with E-state index in [9.17, 15) is 0 Å². The van der Waals surface area contributed by atoms with Gasteiger partial charge < -0.3 is 14.2 Å². The SMILES string of the molecule is COc1cc2c(cc1OC)OCC[CH]C2. The number of fused-ring (bicyclic) bond motifs is 1. The maximum Gasteiger partial charge on any atom is 0.164 e. The minimum Gasteiger partial charge on any atom is -0.493 e. The molecule has 1 aliphatic rings. The molecule has 0 N–H and O–H groups in total. The van der Waals surface area contributed by atoms with Gasteiger partial charge in [-0.2, -0.15) is 0 Å². The Labute approximate surface area is 90.0 Å². The van der Waals surface area contributed by atoms with Crippen LogP contribution in [0.3, 0.4) is 0 Å². The summed E-state index contributed by atoms with van der Waals surface area (Å²) in [4.78, 5) is 0. The second kappa shape index (κ2) is 4.43. The van der Waals surface area contributed by atoms with E-state index in [0.29, 0.717) is 0 Å². The first-order valence-corrected chi connectivity index (χ1v) is 5.04. The number of hydrogen-bond acceptors (Lipinski definition) is 3. The zero-order valence-corrected chi connectivity index (χ0v) is 9.08. The molecule has 0 saturated carbocycles. The second-order valence-electron chi connectivity index (χ2n) is 3.44. The summed E-state index contributed by atoms with van der Waals surface area (Å²) in [5, 5.41) is 0. The smallest absolute Gasteiger partial charge is 0.164 e. The van der Waals surface area contributed by atoms with Crippen LogP contribution in [-0.2, 0) is 6.42 Å². The van der Waals surface area contributed by atoms with Crippen LogP contribution in [0.1, 0.15) is 12.0 Å². The summed E-state index contributed by atoms with van der Waals surface area (Å²) in [7, 11) is 3.28. The largest absolute Gasteiger partial charge is 0.493 e. The van der Waals surface area contributed by atoms with E-state index in [1.54, 1.807) is 14.2 Å². The van der Waals surface area contributed by atoms with Gasteiger partial charge in [0.2, 0.25) is 0 Å². The third-order valence-electron chi connectivity index (χ3n) is 2.51. The highest BCUT2D eigenvalue weighted by Gasteiger charge is 2.14. The molecule has 3 heteroatoms. The van der Waals surface area contributed by atoms with Crippen LogP contribution in [0.2, 0.25) is 0 Å². The number of rotatable bonds is 2. The molecular formula is C12H15O3. The molecule has 15 heavy (non-hydrogen) atoms. The van der Waals surface area contributed by atoms with Crippen LogP contribution in [0.4, 0.5) is 0 Å². The Hall–Kier alpha value is -1.38. The lowest BCUT2D eigenvalue weighted by Crippen LogP contribution is -1.97. The highest BCUT2D eigenvalue weighted by molar-refractivity contribution is 5.51. The molecule has 81 valence electrons. The topological polar surface area (TPSA) is 27.7 Å². The number of hydrogen-bond donors (Lipinski definition) is 0. The fraction of sp³-hybridized carbons (Fsp3) is 0.417. The maximum absolute atomic E-state index is 5.62. The van der Waals surface area contributed by atoms with Crippen molar-refractivity contribution >= 4 is 0 Å². The zero-order chi connectivity index (χ0) is 10.7. The predicted molar refractivity (Wildman–Crippen MR) is 57.7 cm³/mol. The molecule has 1 aromatic carbocycles. The van der Waals surface area contributed by atoms with Gasteiger partial charge in [-0.1, -0.05) is 0 Å². The number of benzene rings is 1. The van der Waals surface area contributed by atoms with Gasteiger partial charge in [0.1, 0.15) is 5.75 Å². The molecule has 0 bridgehead atoms. The van der Waals surface area contributed by atoms with Crippen LogP contribution < -0.4 is 14.2 Å². The summed E-state index contributed by atoms with van der Waals surface area (Å²) >= 11 is 0. The predicted octanol–water partition coefficient (Wildman–Crippen LogP) is 2.23. The Balaban J connectivity index is 2.41. The lowest BCUT2D eigenvalue weighted by atomic mass is 10.1. The summed E-state index contributed by atoms with van der Waals surface area (Å²) in [5.41, 5.74) is 1.16. The van der Waals surface area contributed by atoms with E-state index in [2.05, 4.69) is 6.42 Å². The van der Waals surface area contributed by atoms with Crippen molar-refractivity contribution in [1.29, 1.82) is 0 Å². The van der Waals surface area contributed by atoms with Crippen molar-refractivity contribution in [2.24, 2.45) is 0 Å². The summed E-state index contributed by atoms with van der Waals surface area (Å²) < 4.78 is 16.1. The van der Waals surface area contributed by atoms with Crippen LogP contribution in [0.5, 0.6) is 17.2 Å². The van der Waals surface area contributed by atoms with E-state index in [4.69, 9.17) is 14.2 Å². The second-order valence-corrected chi connectivity index (χ2v) is 3.44. The van der Waals surface area contributed by atoms with E-state index < -0.39 is 0 Å². The molecule has 1 heterocycles. The van der Waals surface area contributed by atoms with Crippen molar-refractivity contribution in [3.05, 3.63) is 24.1 Å². The van der Waals surface area contributed by atoms with Crippen molar-refractivity contribution in [2.45, 2.75) is 12.8 Å². The van der Waals surface area contributed by atoms with Gasteiger partial charge in [0, 0.05) is 6.07 Å². The van der Waals surface area contributed by atoms with Crippen LogP contribution >= 0.6 is 0 Å². The minimum atomic E-state index is 0.721. The van der Waals surface area contributed by atoms with Gasteiger partial charge in [-0.05, 0) is 30.9 Å². The third-order valence-corrected chi connectivity index (χ3v) is 2.51. The summed E-state index contributed by atoms with van der Waals surface area (Å²) in [6, 6.07) is 3.88. The normalized spacial score (nSPS) is 14.8. The van der Waals surface area contributed by atoms with Crippen LogP contribution in [0.25, 0.3) is 0 Å². The molecular weight excluding hydrogens is 192 g/mol. The Bertz CT molecular complexity index is 314. The van der Waals surface area contributed by atoms with E-state index >= 15 is 0 Å². The fourth-order valence-corrected chi connectivity index (χ4v) is 1.71. The fourth-order valence-electron chi connectivity index (χ4n) is 1.71. The molecule has 0 amide bonds. The van der Waals surface area contributed by atoms with Gasteiger partial charge in [-0.15, -0.1) is 0 Å². The molecule has 1 aromatic rings. The summed E-state index contributed by atoms with van der Waals surface area (Å²) in [5.74, 6) is 2.38. The number of methoxy groups -OCH3 is 2. The van der Waals surface area contributed by atoms with Crippen molar-refractivity contribution in [1.82, 2.24) is 0 Å². The molecule has 1 radical (unpaired) electrons. The van der Waals surface area contributed by atoms with E-state index in [1.807, 2.05) is 12.1 Å². The van der Waals surface area contributed by atoms with Crippen molar-refractivity contribution in [3.63, 3.8) is 0 Å². The van der Waals surface area contributed by atoms with Gasteiger partial charge in [-0.3, -0.25) is 0 Å². The van der Waals surface area contributed by atoms with E-state index in [0.717, 1.165) is 42.3 Å². The maximum atomic E-state index is 5.62. The van der Waals surface area contributed by atoms with Gasteiger partial charge >= 0.3 is 0 Å². The molecule has 0 unspecified atom stereocenters. The first-order valence-electron chi connectivity index (χ1n) is 5.04. The molecule has 3 nitrogen and oxygen atoms in total. The summed E-state index contributed by atoms with van der Waals surface area (Å²) in [6.45, 7) is 0.739. The first kappa shape index (κ1) is 10.1. The molecule has 2 rings (SSSR count). The number of ether oxygens (including phenoxy) is 3. The van der Waals surface area contributed by atoms with Crippen molar-refractivity contribution < 1.29 is 14.2 Å². The van der Waals surface area contributed by atoms with Gasteiger partial charge in [-0.25, -0.2) is 0 Å². The molecule has 0 fully saturated rings. The molecule has 0 aliphatic carbocycles. The lowest BCUT2D eigenvalue weighted by Gasteiger charge is -2.12. The van der Waals surface area contributed by atoms with Gasteiger partial charge in [0.25, 0.3) is 0 Å². The monoisotopic (exact) mass is 207 g/mol. The Kier molecular flexibility index (Phi) is 2.99. The highest BCUT2D eigenvalue weighted by Crippen LogP contribution is 2.36. The van der Waals surface area contributed by atoms with Crippen LogP contribution in [-0.4, -0.2) is 20.8 Å². The Morgan fingerprint density at radius 1 is 1.13 bits per heavy atom. The standard InChI is InChI=1S/C12H15O3/c1-13-11-7-9-5-3-4-6-15-10(9)8-12(11)14-2/h3,7-8H,4-6H2,1-2H3. The zero-order valence-electron chi connectivity index (χ0n) is 9.08. The summed E-state index contributed by atoms with van der Waals surface area (Å²) in [6.07, 6.45) is 4.13. The molecule has 1 aliphatic heterocycles. The quantitative estimate of drug-likeness (QED) is 0.744. The van der Waals surface area contributed by atoms with Crippen molar-refractivity contribution in [3.8, 4) is 17.2 Å². The minimum absolute atomic E-state index is 0.721. The molecule has 0 saturated heterocycles. The first-order chi connectivity index (χ1) is 7.35. The van der Waals surface area contributed by atoms with Crippen LogP contribution in [0.15, 0.2) is 12.1 Å². The highest BCUT2D eigenvalue weighted by atomic mass is 16.5. The average molecular weight is 207 g/mol. The van der Waals surface area contributed by atoms with Crippen LogP contribution in [0, 0.1) is 6.42 Å². The van der Waals surface area contributed by atoms with E-state index in [1.165, 1.54) is 0 Å². The Morgan fingerprint density at radius 2 is 1.87 bits per heavy atom. The Morgan fingerprint density at radius 3 is 2.60 bits per heavy atom. The molecule has 0 spiro atoms. The lowest BCUT2D eigenvalue weighted by molar-refractivity contribution is 0.317. The van der Waals surface area contributed by atoms with Gasteiger partial charge in [0.05, 0.1) is 20.8 Å².